The average molecular weight is 224 g/mol. The molecule has 1 saturated carbocycles. The Morgan fingerprint density at radius 2 is 2.00 bits per heavy atom. The fourth-order valence-corrected chi connectivity index (χ4v) is 1.12. The highest BCUT2D eigenvalue weighted by Crippen LogP contribution is 2.27. The van der Waals surface area contributed by atoms with Gasteiger partial charge in [-0.1, -0.05) is 0 Å². The smallest absolute Gasteiger partial charge is 0.355 e. The maximum absolute atomic E-state index is 11.7. The molecule has 0 spiro atoms. The van der Waals surface area contributed by atoms with Gasteiger partial charge >= 0.3 is 6.18 Å². The number of alkyl halides is 3. The van der Waals surface area contributed by atoms with Crippen molar-refractivity contribution in [3.63, 3.8) is 0 Å². The van der Waals surface area contributed by atoms with Crippen molar-refractivity contribution in [2.75, 3.05) is 19.6 Å². The molecule has 1 rings (SSSR count). The van der Waals surface area contributed by atoms with E-state index in [0.717, 1.165) is 6.54 Å². The molecule has 1 fully saturated rings. The molecule has 0 saturated heterocycles. The summed E-state index contributed by atoms with van der Waals surface area (Å²) >= 11 is 0. The molecule has 0 radical (unpaired) electrons. The van der Waals surface area contributed by atoms with Crippen molar-refractivity contribution >= 4 is 5.91 Å². The normalized spacial score (nSPS) is 16.5. The van der Waals surface area contributed by atoms with Crippen LogP contribution in [0.1, 0.15) is 19.3 Å². The van der Waals surface area contributed by atoms with Crippen LogP contribution in [-0.2, 0) is 4.79 Å². The molecule has 0 bridgehead atoms. The summed E-state index contributed by atoms with van der Waals surface area (Å²) in [4.78, 5) is 11.0. The number of carbonyl (C=O) groups excluding carboxylic acids is 1. The Bertz CT molecular complexity index is 214. The molecule has 15 heavy (non-hydrogen) atoms. The third kappa shape index (κ3) is 7.18. The van der Waals surface area contributed by atoms with E-state index in [2.05, 4.69) is 10.6 Å². The van der Waals surface area contributed by atoms with Gasteiger partial charge in [0.05, 0.1) is 13.0 Å². The van der Waals surface area contributed by atoms with Gasteiger partial charge in [-0.3, -0.25) is 4.79 Å². The Morgan fingerprint density at radius 1 is 1.33 bits per heavy atom. The molecular formula is C9H15F3N2O. The van der Waals surface area contributed by atoms with Crippen LogP contribution in [0.4, 0.5) is 13.2 Å². The summed E-state index contributed by atoms with van der Waals surface area (Å²) in [6, 6.07) is 0. The summed E-state index contributed by atoms with van der Waals surface area (Å²) in [5.41, 5.74) is 0. The number of hydrogen-bond acceptors (Lipinski definition) is 2. The van der Waals surface area contributed by atoms with Crippen LogP contribution < -0.4 is 10.6 Å². The first-order chi connectivity index (χ1) is 6.97. The molecule has 3 nitrogen and oxygen atoms in total. The predicted octanol–water partition coefficient (Wildman–Crippen LogP) is 1.05. The van der Waals surface area contributed by atoms with Crippen LogP contribution in [0.5, 0.6) is 0 Å². The standard InChI is InChI=1S/C9H15F3N2O/c10-9(11,12)3-4-14-8(15)6-13-5-7-1-2-7/h7,13H,1-6H2,(H,14,15). The number of rotatable bonds is 6. The number of amides is 1. The first-order valence-electron chi connectivity index (χ1n) is 5.01. The van der Waals surface area contributed by atoms with Crippen molar-refractivity contribution in [2.24, 2.45) is 5.92 Å². The molecule has 88 valence electrons. The summed E-state index contributed by atoms with van der Waals surface area (Å²) in [6.07, 6.45) is -2.80. The molecule has 0 aromatic rings. The van der Waals surface area contributed by atoms with Gasteiger partial charge in [0, 0.05) is 6.54 Å². The Labute approximate surface area is 86.4 Å². The molecule has 0 aliphatic heterocycles. The van der Waals surface area contributed by atoms with Crippen molar-refractivity contribution in [3.05, 3.63) is 0 Å². The van der Waals surface area contributed by atoms with Crippen molar-refractivity contribution < 1.29 is 18.0 Å². The topological polar surface area (TPSA) is 41.1 Å². The van der Waals surface area contributed by atoms with Crippen molar-refractivity contribution in [2.45, 2.75) is 25.4 Å². The van der Waals surface area contributed by atoms with Crippen LogP contribution in [0, 0.1) is 5.92 Å². The quantitative estimate of drug-likeness (QED) is 0.708. The van der Waals surface area contributed by atoms with Gasteiger partial charge in [-0.05, 0) is 25.3 Å². The van der Waals surface area contributed by atoms with Crippen molar-refractivity contribution in [3.8, 4) is 0 Å². The molecule has 1 amide bonds. The Balaban J connectivity index is 1.93. The number of halogens is 3. The monoisotopic (exact) mass is 224 g/mol. The van der Waals surface area contributed by atoms with Gasteiger partial charge in [0.25, 0.3) is 0 Å². The highest BCUT2D eigenvalue weighted by molar-refractivity contribution is 5.77. The molecule has 0 aromatic heterocycles. The maximum Gasteiger partial charge on any atom is 0.390 e. The zero-order valence-corrected chi connectivity index (χ0v) is 8.36. The van der Waals surface area contributed by atoms with Gasteiger partial charge in [-0.15, -0.1) is 0 Å². The Kier molecular flexibility index (Phi) is 4.38. The predicted molar refractivity (Wildman–Crippen MR) is 49.3 cm³/mol. The van der Waals surface area contributed by atoms with E-state index in [9.17, 15) is 18.0 Å². The molecule has 1 aliphatic carbocycles. The minimum absolute atomic E-state index is 0.106. The fourth-order valence-electron chi connectivity index (χ4n) is 1.12. The third-order valence-corrected chi connectivity index (χ3v) is 2.15. The van der Waals surface area contributed by atoms with E-state index in [-0.39, 0.29) is 19.0 Å². The van der Waals surface area contributed by atoms with Gasteiger partial charge < -0.3 is 10.6 Å². The molecule has 0 heterocycles. The van der Waals surface area contributed by atoms with Gasteiger partial charge in [0.2, 0.25) is 5.91 Å². The Hall–Kier alpha value is -0.780. The van der Waals surface area contributed by atoms with Crippen LogP contribution in [0.3, 0.4) is 0 Å². The van der Waals surface area contributed by atoms with E-state index < -0.39 is 12.6 Å². The van der Waals surface area contributed by atoms with Gasteiger partial charge in [0.15, 0.2) is 0 Å². The summed E-state index contributed by atoms with van der Waals surface area (Å²) in [5, 5.41) is 5.11. The van der Waals surface area contributed by atoms with E-state index in [1.54, 1.807) is 0 Å². The first-order valence-corrected chi connectivity index (χ1v) is 5.01. The minimum Gasteiger partial charge on any atom is -0.355 e. The summed E-state index contributed by atoms with van der Waals surface area (Å²) < 4.78 is 35.1. The van der Waals surface area contributed by atoms with Gasteiger partial charge in [-0.25, -0.2) is 0 Å². The van der Waals surface area contributed by atoms with Crippen molar-refractivity contribution in [1.29, 1.82) is 0 Å². The number of carbonyl (C=O) groups is 1. The zero-order valence-electron chi connectivity index (χ0n) is 8.36. The highest BCUT2D eigenvalue weighted by Gasteiger charge is 2.26. The lowest BCUT2D eigenvalue weighted by atomic mass is 10.4. The van der Waals surface area contributed by atoms with Gasteiger partial charge in [0.1, 0.15) is 0 Å². The van der Waals surface area contributed by atoms with E-state index >= 15 is 0 Å². The molecule has 0 atom stereocenters. The Morgan fingerprint density at radius 3 is 2.53 bits per heavy atom. The second kappa shape index (κ2) is 5.34. The van der Waals surface area contributed by atoms with Crippen LogP contribution in [-0.4, -0.2) is 31.7 Å². The molecule has 2 N–H and O–H groups in total. The average Bonchev–Trinajstić information content (AvgIpc) is 2.85. The lowest BCUT2D eigenvalue weighted by Gasteiger charge is -2.08. The first kappa shape index (κ1) is 12.3. The third-order valence-electron chi connectivity index (χ3n) is 2.15. The van der Waals surface area contributed by atoms with E-state index in [4.69, 9.17) is 0 Å². The molecule has 0 unspecified atom stereocenters. The lowest BCUT2D eigenvalue weighted by molar-refractivity contribution is -0.135. The fraction of sp³-hybridized carbons (Fsp3) is 0.889. The van der Waals surface area contributed by atoms with Gasteiger partial charge in [-0.2, -0.15) is 13.2 Å². The lowest BCUT2D eigenvalue weighted by Crippen LogP contribution is -2.36. The molecular weight excluding hydrogens is 209 g/mol. The van der Waals surface area contributed by atoms with Crippen LogP contribution in [0.15, 0.2) is 0 Å². The number of hydrogen-bond donors (Lipinski definition) is 2. The molecule has 6 heteroatoms. The summed E-state index contributed by atoms with van der Waals surface area (Å²) in [6.45, 7) is 0.550. The van der Waals surface area contributed by atoms with Crippen LogP contribution >= 0.6 is 0 Å². The van der Waals surface area contributed by atoms with E-state index in [1.165, 1.54) is 12.8 Å². The van der Waals surface area contributed by atoms with Crippen LogP contribution in [0.2, 0.25) is 0 Å². The minimum atomic E-state index is -4.20. The number of nitrogens with one attached hydrogen (secondary N) is 2. The SMILES string of the molecule is O=C(CNCC1CC1)NCCC(F)(F)F. The van der Waals surface area contributed by atoms with E-state index in [1.807, 2.05) is 0 Å². The zero-order chi connectivity index (χ0) is 11.3. The summed E-state index contributed by atoms with van der Waals surface area (Å²) in [5.74, 6) is 0.285. The van der Waals surface area contributed by atoms with Crippen LogP contribution in [0.25, 0.3) is 0 Å². The van der Waals surface area contributed by atoms with E-state index in [0.29, 0.717) is 5.92 Å². The largest absolute Gasteiger partial charge is 0.390 e. The second-order valence-electron chi connectivity index (χ2n) is 3.79. The molecule has 0 aromatic carbocycles. The second-order valence-corrected chi connectivity index (χ2v) is 3.79. The molecule has 1 aliphatic rings. The highest BCUT2D eigenvalue weighted by atomic mass is 19.4. The summed E-state index contributed by atoms with van der Waals surface area (Å²) in [7, 11) is 0. The maximum atomic E-state index is 11.7. The van der Waals surface area contributed by atoms with Crippen molar-refractivity contribution in [1.82, 2.24) is 10.6 Å².